The molecule has 0 amide bonds. The highest BCUT2D eigenvalue weighted by Crippen LogP contribution is 1.96. The fourth-order valence-electron chi connectivity index (χ4n) is 0.530. The number of rotatable bonds is 5. The zero-order chi connectivity index (χ0) is 8.74. The van der Waals surface area contributed by atoms with Gasteiger partial charge in [-0.2, -0.15) is 8.42 Å². The van der Waals surface area contributed by atoms with Crippen molar-refractivity contribution < 1.29 is 12.6 Å². The van der Waals surface area contributed by atoms with E-state index in [4.69, 9.17) is 0 Å². The molecule has 0 aliphatic carbocycles. The maximum Gasteiger partial charge on any atom is 0.305 e. The fraction of sp³-hybridized carbons (Fsp3) is 0.714. The lowest BCUT2D eigenvalue weighted by atomic mass is 10.2. The average Bonchev–Trinajstić information content (AvgIpc) is 1.85. The summed E-state index contributed by atoms with van der Waals surface area (Å²) in [6.45, 7) is 2.07. The van der Waals surface area contributed by atoms with Crippen molar-refractivity contribution in [3.05, 3.63) is 12.3 Å². The highest BCUT2D eigenvalue weighted by Gasteiger charge is 1.94. The Hall–Kier alpha value is -0.510. The molecule has 0 spiro atoms. The second-order valence-electron chi connectivity index (χ2n) is 2.31. The maximum absolute atomic E-state index is 10.4. The molecule has 0 atom stereocenters. The van der Waals surface area contributed by atoms with Crippen LogP contribution < -0.4 is 0 Å². The highest BCUT2D eigenvalue weighted by atomic mass is 32.2. The third kappa shape index (κ3) is 9.49. The molecule has 0 N–H and O–H groups in total. The first-order valence-corrected chi connectivity index (χ1v) is 5.41. The van der Waals surface area contributed by atoms with E-state index in [0.717, 1.165) is 25.5 Å². The van der Waals surface area contributed by atoms with Crippen LogP contribution in [0.2, 0.25) is 0 Å². The largest absolute Gasteiger partial charge is 0.391 e. The van der Waals surface area contributed by atoms with Gasteiger partial charge in [0.05, 0.1) is 6.26 Å². The molecular weight excluding hydrogens is 164 g/mol. The lowest BCUT2D eigenvalue weighted by Gasteiger charge is -1.93. The molecule has 0 aliphatic heterocycles. The molecule has 0 aromatic rings. The van der Waals surface area contributed by atoms with Crippen molar-refractivity contribution in [2.45, 2.75) is 26.2 Å². The minimum absolute atomic E-state index is 0.867. The number of unbranched alkanes of at least 4 members (excludes halogenated alkanes) is 2. The van der Waals surface area contributed by atoms with Crippen LogP contribution in [0.3, 0.4) is 0 Å². The van der Waals surface area contributed by atoms with Crippen LogP contribution in [-0.2, 0) is 14.3 Å². The van der Waals surface area contributed by atoms with E-state index in [2.05, 4.69) is 11.1 Å². The summed E-state index contributed by atoms with van der Waals surface area (Å²) in [6, 6.07) is 0. The van der Waals surface area contributed by atoms with Gasteiger partial charge in [0.15, 0.2) is 0 Å². The standard InChI is InChI=1S/C7H14O3S/c1-3-4-5-6-7-10-11(2,8)9/h6-7H,3-5H2,1-2H3/b7-6+. The van der Waals surface area contributed by atoms with Crippen molar-refractivity contribution in [3.63, 3.8) is 0 Å². The van der Waals surface area contributed by atoms with Gasteiger partial charge in [-0.05, 0) is 18.9 Å². The molecule has 0 fully saturated rings. The summed E-state index contributed by atoms with van der Waals surface area (Å²) >= 11 is 0. The Labute approximate surface area is 68.2 Å². The van der Waals surface area contributed by atoms with E-state index in [9.17, 15) is 8.42 Å². The zero-order valence-electron chi connectivity index (χ0n) is 6.91. The summed E-state index contributed by atoms with van der Waals surface area (Å²) in [6.07, 6.45) is 6.99. The van der Waals surface area contributed by atoms with Gasteiger partial charge in [0.25, 0.3) is 0 Å². The monoisotopic (exact) mass is 178 g/mol. The van der Waals surface area contributed by atoms with E-state index in [1.807, 2.05) is 0 Å². The fourth-order valence-corrected chi connectivity index (χ4v) is 0.811. The Morgan fingerprint density at radius 2 is 2.09 bits per heavy atom. The normalized spacial score (nSPS) is 12.2. The van der Waals surface area contributed by atoms with Gasteiger partial charge in [-0.15, -0.1) is 0 Å². The second-order valence-corrected chi connectivity index (χ2v) is 3.92. The molecule has 0 aliphatic rings. The van der Waals surface area contributed by atoms with Crippen molar-refractivity contribution in [3.8, 4) is 0 Å². The Kier molecular flexibility index (Phi) is 4.94. The Morgan fingerprint density at radius 3 is 2.55 bits per heavy atom. The van der Waals surface area contributed by atoms with E-state index in [1.165, 1.54) is 6.26 Å². The maximum atomic E-state index is 10.4. The van der Waals surface area contributed by atoms with Crippen molar-refractivity contribution in [2.75, 3.05) is 6.26 Å². The first kappa shape index (κ1) is 10.5. The van der Waals surface area contributed by atoms with Gasteiger partial charge < -0.3 is 4.18 Å². The predicted octanol–water partition coefficient (Wildman–Crippen LogP) is 1.67. The Morgan fingerprint density at radius 1 is 1.45 bits per heavy atom. The number of hydrogen-bond donors (Lipinski definition) is 0. The van der Waals surface area contributed by atoms with Crippen molar-refractivity contribution in [1.29, 1.82) is 0 Å². The van der Waals surface area contributed by atoms with Crippen LogP contribution in [0.1, 0.15) is 26.2 Å². The van der Waals surface area contributed by atoms with E-state index in [0.29, 0.717) is 0 Å². The van der Waals surface area contributed by atoms with Gasteiger partial charge in [0.2, 0.25) is 0 Å². The lowest BCUT2D eigenvalue weighted by Crippen LogP contribution is -1.95. The molecule has 4 heteroatoms. The van der Waals surface area contributed by atoms with E-state index in [-0.39, 0.29) is 0 Å². The molecule has 0 bridgehead atoms. The second kappa shape index (κ2) is 5.18. The minimum Gasteiger partial charge on any atom is -0.391 e. The number of hydrogen-bond acceptors (Lipinski definition) is 3. The predicted molar refractivity (Wildman–Crippen MR) is 44.6 cm³/mol. The summed E-state index contributed by atoms with van der Waals surface area (Å²) in [5, 5.41) is 0. The molecule has 0 saturated heterocycles. The summed E-state index contributed by atoms with van der Waals surface area (Å²) < 4.78 is 25.1. The number of allylic oxidation sites excluding steroid dienone is 1. The molecule has 0 saturated carbocycles. The molecule has 3 nitrogen and oxygen atoms in total. The molecule has 66 valence electrons. The third-order valence-corrected chi connectivity index (χ3v) is 1.51. The summed E-state index contributed by atoms with van der Waals surface area (Å²) in [7, 11) is -3.30. The molecule has 0 radical (unpaired) electrons. The molecule has 0 aromatic heterocycles. The first-order chi connectivity index (χ1) is 5.06. The van der Waals surface area contributed by atoms with Crippen molar-refractivity contribution in [1.82, 2.24) is 0 Å². The summed E-state index contributed by atoms with van der Waals surface area (Å²) in [5.41, 5.74) is 0. The van der Waals surface area contributed by atoms with Crippen LogP contribution in [-0.4, -0.2) is 14.7 Å². The van der Waals surface area contributed by atoms with Gasteiger partial charge >= 0.3 is 10.1 Å². The Bertz CT molecular complexity index is 204. The van der Waals surface area contributed by atoms with Crippen molar-refractivity contribution in [2.24, 2.45) is 0 Å². The van der Waals surface area contributed by atoms with Crippen LogP contribution in [0.4, 0.5) is 0 Å². The SMILES string of the molecule is CCCC/C=C/OS(C)(=O)=O. The highest BCUT2D eigenvalue weighted by molar-refractivity contribution is 7.86. The summed E-state index contributed by atoms with van der Waals surface area (Å²) in [5.74, 6) is 0. The van der Waals surface area contributed by atoms with E-state index in [1.54, 1.807) is 6.08 Å². The van der Waals surface area contributed by atoms with Crippen LogP contribution in [0, 0.1) is 0 Å². The Balaban J connectivity index is 3.46. The first-order valence-electron chi connectivity index (χ1n) is 3.59. The minimum atomic E-state index is -3.30. The van der Waals surface area contributed by atoms with Crippen LogP contribution in [0.25, 0.3) is 0 Å². The van der Waals surface area contributed by atoms with E-state index >= 15 is 0 Å². The van der Waals surface area contributed by atoms with Gasteiger partial charge in [-0.1, -0.05) is 13.3 Å². The molecular formula is C7H14O3S. The van der Waals surface area contributed by atoms with Gasteiger partial charge in [-0.3, -0.25) is 0 Å². The van der Waals surface area contributed by atoms with Gasteiger partial charge in [0, 0.05) is 0 Å². The quantitative estimate of drug-likeness (QED) is 0.365. The van der Waals surface area contributed by atoms with Gasteiger partial charge in [-0.25, -0.2) is 0 Å². The molecule has 0 heterocycles. The molecule has 0 unspecified atom stereocenters. The zero-order valence-corrected chi connectivity index (χ0v) is 7.73. The third-order valence-electron chi connectivity index (χ3n) is 1.05. The lowest BCUT2D eigenvalue weighted by molar-refractivity contribution is 0.448. The summed E-state index contributed by atoms with van der Waals surface area (Å²) in [4.78, 5) is 0. The molecule has 0 rings (SSSR count). The van der Waals surface area contributed by atoms with Crippen LogP contribution in [0.15, 0.2) is 12.3 Å². The van der Waals surface area contributed by atoms with E-state index < -0.39 is 10.1 Å². The van der Waals surface area contributed by atoms with Crippen LogP contribution in [0.5, 0.6) is 0 Å². The van der Waals surface area contributed by atoms with Crippen molar-refractivity contribution >= 4 is 10.1 Å². The van der Waals surface area contributed by atoms with Gasteiger partial charge in [0.1, 0.15) is 6.26 Å². The molecule has 0 aromatic carbocycles. The van der Waals surface area contributed by atoms with Crippen LogP contribution >= 0.6 is 0 Å². The molecule has 11 heavy (non-hydrogen) atoms. The topological polar surface area (TPSA) is 43.4 Å². The average molecular weight is 178 g/mol. The smallest absolute Gasteiger partial charge is 0.305 e.